The van der Waals surface area contributed by atoms with E-state index in [4.69, 9.17) is 5.11 Å². The fourth-order valence-electron chi connectivity index (χ4n) is 3.19. The summed E-state index contributed by atoms with van der Waals surface area (Å²) in [6.45, 7) is 2.29. The van der Waals surface area contributed by atoms with E-state index in [-0.39, 0.29) is 30.3 Å². The molecule has 3 rings (SSSR count). The largest absolute Gasteiger partial charge is 0.395 e. The van der Waals surface area contributed by atoms with Crippen LogP contribution in [0.25, 0.3) is 0 Å². The number of amides is 2. The Morgan fingerprint density at radius 2 is 2.30 bits per heavy atom. The smallest absolute Gasteiger partial charge is 0.254 e. The van der Waals surface area contributed by atoms with Gasteiger partial charge in [-0.15, -0.1) is 0 Å². The van der Waals surface area contributed by atoms with Gasteiger partial charge in [0.05, 0.1) is 18.1 Å². The lowest BCUT2D eigenvalue weighted by atomic mass is 9.88. The highest BCUT2D eigenvalue weighted by Crippen LogP contribution is 2.32. The van der Waals surface area contributed by atoms with E-state index in [0.717, 1.165) is 6.42 Å². The Bertz CT molecular complexity index is 503. The van der Waals surface area contributed by atoms with Crippen LogP contribution >= 0.6 is 11.3 Å². The van der Waals surface area contributed by atoms with E-state index in [1.807, 2.05) is 16.8 Å². The molecule has 2 saturated heterocycles. The zero-order chi connectivity index (χ0) is 14.1. The molecule has 2 amide bonds. The van der Waals surface area contributed by atoms with E-state index in [2.05, 4.69) is 0 Å². The lowest BCUT2D eigenvalue weighted by molar-refractivity contribution is -0.140. The number of hydrogen-bond donors (Lipinski definition) is 1. The molecule has 2 atom stereocenters. The molecule has 0 saturated carbocycles. The predicted octanol–water partition coefficient (Wildman–Crippen LogP) is 0.661. The number of carbonyl (C=O) groups is 2. The summed E-state index contributed by atoms with van der Waals surface area (Å²) in [5.41, 5.74) is 0.716. The summed E-state index contributed by atoms with van der Waals surface area (Å²) in [4.78, 5) is 28.2. The van der Waals surface area contributed by atoms with Crippen LogP contribution < -0.4 is 0 Å². The fourth-order valence-corrected chi connectivity index (χ4v) is 3.82. The Kier molecular flexibility index (Phi) is 3.76. The molecule has 108 valence electrons. The lowest BCUT2D eigenvalue weighted by Crippen LogP contribution is -2.46. The number of fused-ring (bicyclic) bond motifs is 1. The number of rotatable bonds is 3. The molecule has 3 heterocycles. The fraction of sp³-hybridized carbons (Fsp3) is 0.571. The Morgan fingerprint density at radius 3 is 3.00 bits per heavy atom. The van der Waals surface area contributed by atoms with E-state index in [0.29, 0.717) is 31.7 Å². The van der Waals surface area contributed by atoms with Crippen molar-refractivity contribution in [3.63, 3.8) is 0 Å². The van der Waals surface area contributed by atoms with Crippen LogP contribution in [0.1, 0.15) is 16.8 Å². The first-order valence-electron chi connectivity index (χ1n) is 6.92. The number of nitrogens with zero attached hydrogens (tertiary/aromatic N) is 2. The van der Waals surface area contributed by atoms with Gasteiger partial charge in [0.25, 0.3) is 5.91 Å². The highest BCUT2D eigenvalue weighted by atomic mass is 32.1. The van der Waals surface area contributed by atoms with Gasteiger partial charge in [-0.3, -0.25) is 9.59 Å². The number of likely N-dealkylation sites (tertiary alicyclic amines) is 2. The SMILES string of the molecule is O=C(c1ccsc1)N1C[C@H]2CCN(CCO)C(=O)[C@H]2C1. The molecule has 0 unspecified atom stereocenters. The minimum absolute atomic E-state index is 0.000670. The molecule has 2 aliphatic heterocycles. The summed E-state index contributed by atoms with van der Waals surface area (Å²) < 4.78 is 0. The molecule has 20 heavy (non-hydrogen) atoms. The molecule has 1 N–H and O–H groups in total. The quantitative estimate of drug-likeness (QED) is 0.891. The highest BCUT2D eigenvalue weighted by Gasteiger charge is 2.44. The number of aliphatic hydroxyl groups excluding tert-OH is 1. The molecule has 0 radical (unpaired) electrons. The van der Waals surface area contributed by atoms with Crippen molar-refractivity contribution in [2.45, 2.75) is 6.42 Å². The molecule has 1 aromatic rings. The first-order valence-corrected chi connectivity index (χ1v) is 7.86. The maximum Gasteiger partial charge on any atom is 0.254 e. The molecule has 2 aliphatic rings. The van der Waals surface area contributed by atoms with Crippen molar-refractivity contribution in [1.29, 1.82) is 0 Å². The standard InChI is InChI=1S/C14H18N2O3S/c17-5-4-15-3-1-10-7-16(8-12(10)14(15)19)13(18)11-2-6-20-9-11/h2,6,9-10,12,17H,1,3-5,7-8H2/t10-,12+/m1/s1. The maximum absolute atomic E-state index is 12.3. The molecule has 6 heteroatoms. The first-order chi connectivity index (χ1) is 9.70. The van der Waals surface area contributed by atoms with Crippen molar-refractivity contribution in [2.75, 3.05) is 32.8 Å². The van der Waals surface area contributed by atoms with Crippen LogP contribution in [-0.4, -0.2) is 59.5 Å². The maximum atomic E-state index is 12.3. The van der Waals surface area contributed by atoms with Crippen LogP contribution in [0.4, 0.5) is 0 Å². The van der Waals surface area contributed by atoms with Gasteiger partial charge in [-0.05, 0) is 23.8 Å². The van der Waals surface area contributed by atoms with Crippen LogP contribution in [0.2, 0.25) is 0 Å². The molecule has 0 bridgehead atoms. The van der Waals surface area contributed by atoms with Gasteiger partial charge in [0.2, 0.25) is 5.91 Å². The van der Waals surface area contributed by atoms with E-state index in [1.54, 1.807) is 9.80 Å². The third-order valence-corrected chi connectivity index (χ3v) is 4.95. The molecule has 1 aromatic heterocycles. The van der Waals surface area contributed by atoms with Crippen molar-refractivity contribution >= 4 is 23.2 Å². The monoisotopic (exact) mass is 294 g/mol. The number of hydrogen-bond acceptors (Lipinski definition) is 4. The summed E-state index contributed by atoms with van der Waals surface area (Å²) in [5.74, 6) is 0.316. The van der Waals surface area contributed by atoms with Gasteiger partial charge in [0, 0.05) is 31.6 Å². The predicted molar refractivity (Wildman–Crippen MR) is 75.5 cm³/mol. The minimum atomic E-state index is -0.0853. The van der Waals surface area contributed by atoms with Crippen LogP contribution in [0, 0.1) is 11.8 Å². The summed E-state index contributed by atoms with van der Waals surface area (Å²) in [6.07, 6.45) is 0.920. The van der Waals surface area contributed by atoms with Gasteiger partial charge in [-0.2, -0.15) is 11.3 Å². The first kappa shape index (κ1) is 13.6. The van der Waals surface area contributed by atoms with Gasteiger partial charge >= 0.3 is 0 Å². The Hall–Kier alpha value is -1.40. The number of thiophene rings is 1. The van der Waals surface area contributed by atoms with Crippen LogP contribution in [0.5, 0.6) is 0 Å². The second kappa shape index (κ2) is 5.54. The van der Waals surface area contributed by atoms with Crippen LogP contribution in [0.3, 0.4) is 0 Å². The van der Waals surface area contributed by atoms with Crippen molar-refractivity contribution in [1.82, 2.24) is 9.80 Å². The van der Waals surface area contributed by atoms with Gasteiger partial charge in [-0.25, -0.2) is 0 Å². The third kappa shape index (κ3) is 2.33. The Labute approximate surface area is 121 Å². The number of aliphatic hydroxyl groups is 1. The van der Waals surface area contributed by atoms with Gasteiger partial charge in [0.1, 0.15) is 0 Å². The number of carbonyl (C=O) groups excluding carboxylic acids is 2. The molecule has 5 nitrogen and oxygen atoms in total. The second-order valence-corrected chi connectivity index (χ2v) is 6.21. The normalized spacial score (nSPS) is 25.9. The molecule has 0 aliphatic carbocycles. The van der Waals surface area contributed by atoms with Crippen molar-refractivity contribution in [3.05, 3.63) is 22.4 Å². The van der Waals surface area contributed by atoms with Gasteiger partial charge < -0.3 is 14.9 Å². The van der Waals surface area contributed by atoms with E-state index >= 15 is 0 Å². The minimum Gasteiger partial charge on any atom is -0.395 e. The van der Waals surface area contributed by atoms with Crippen LogP contribution in [-0.2, 0) is 4.79 Å². The Morgan fingerprint density at radius 1 is 1.45 bits per heavy atom. The van der Waals surface area contributed by atoms with Crippen molar-refractivity contribution < 1.29 is 14.7 Å². The lowest BCUT2D eigenvalue weighted by Gasteiger charge is -2.33. The molecule has 2 fully saturated rings. The Balaban J connectivity index is 1.69. The summed E-state index contributed by atoms with van der Waals surface area (Å²) >= 11 is 1.51. The highest BCUT2D eigenvalue weighted by molar-refractivity contribution is 7.08. The van der Waals surface area contributed by atoms with Gasteiger partial charge in [0.15, 0.2) is 0 Å². The van der Waals surface area contributed by atoms with Gasteiger partial charge in [-0.1, -0.05) is 0 Å². The molecular formula is C14H18N2O3S. The second-order valence-electron chi connectivity index (χ2n) is 5.43. The average molecular weight is 294 g/mol. The summed E-state index contributed by atoms with van der Waals surface area (Å²) in [7, 11) is 0. The number of β-amino-alcohol motifs (C(OH)–C–C–N with tert-alkyl or cyclic N) is 1. The summed E-state index contributed by atoms with van der Waals surface area (Å²) in [6, 6.07) is 1.83. The zero-order valence-corrected chi connectivity index (χ0v) is 12.0. The summed E-state index contributed by atoms with van der Waals surface area (Å²) in [5, 5.41) is 12.7. The van der Waals surface area contributed by atoms with E-state index < -0.39 is 0 Å². The van der Waals surface area contributed by atoms with Crippen molar-refractivity contribution in [3.8, 4) is 0 Å². The van der Waals surface area contributed by atoms with Crippen LogP contribution in [0.15, 0.2) is 16.8 Å². The molecule has 0 spiro atoms. The topological polar surface area (TPSA) is 60.9 Å². The molecular weight excluding hydrogens is 276 g/mol. The van der Waals surface area contributed by atoms with Crippen molar-refractivity contribution in [2.24, 2.45) is 11.8 Å². The zero-order valence-electron chi connectivity index (χ0n) is 11.2. The average Bonchev–Trinajstić information content (AvgIpc) is 3.10. The third-order valence-electron chi connectivity index (χ3n) is 4.26. The number of piperidine rings is 1. The van der Waals surface area contributed by atoms with E-state index in [9.17, 15) is 9.59 Å². The molecule has 0 aromatic carbocycles. The van der Waals surface area contributed by atoms with E-state index in [1.165, 1.54) is 11.3 Å².